The molecule has 1 aromatic heterocycles. The minimum absolute atomic E-state index is 0.629. The summed E-state index contributed by atoms with van der Waals surface area (Å²) in [6.45, 7) is 1.66. The molecule has 0 saturated heterocycles. The summed E-state index contributed by atoms with van der Waals surface area (Å²) < 4.78 is 5.50. The molecule has 1 saturated carbocycles. The van der Waals surface area contributed by atoms with Crippen LogP contribution in [0.3, 0.4) is 0 Å². The van der Waals surface area contributed by atoms with Gasteiger partial charge in [-0.2, -0.15) is 0 Å². The van der Waals surface area contributed by atoms with E-state index in [2.05, 4.69) is 20.4 Å². The molecule has 84 valence electrons. The van der Waals surface area contributed by atoms with Gasteiger partial charge in [0.05, 0.1) is 6.54 Å². The van der Waals surface area contributed by atoms with E-state index in [0.29, 0.717) is 18.5 Å². The van der Waals surface area contributed by atoms with Gasteiger partial charge in [0.25, 0.3) is 0 Å². The standard InChI is InChI=1S/C10H18N4O/c1-11-6-9-12-13-10(15-9)14(2)7-8-4-3-5-8/h8,11H,3-7H2,1-2H3. The molecule has 0 amide bonds. The van der Waals surface area contributed by atoms with Crippen molar-refractivity contribution < 1.29 is 4.42 Å². The van der Waals surface area contributed by atoms with Crippen LogP contribution in [0.1, 0.15) is 25.2 Å². The van der Waals surface area contributed by atoms with E-state index in [9.17, 15) is 0 Å². The van der Waals surface area contributed by atoms with Gasteiger partial charge in [-0.1, -0.05) is 11.5 Å². The van der Waals surface area contributed by atoms with E-state index < -0.39 is 0 Å². The minimum Gasteiger partial charge on any atom is -0.407 e. The molecule has 5 nitrogen and oxygen atoms in total. The Morgan fingerprint density at radius 3 is 2.87 bits per heavy atom. The van der Waals surface area contributed by atoms with Gasteiger partial charge in [0.1, 0.15) is 0 Å². The molecule has 0 radical (unpaired) electrons. The Kier molecular flexibility index (Phi) is 3.20. The molecule has 0 spiro atoms. The van der Waals surface area contributed by atoms with Gasteiger partial charge in [0.2, 0.25) is 5.89 Å². The average molecular weight is 210 g/mol. The first-order chi connectivity index (χ1) is 7.29. The summed E-state index contributed by atoms with van der Waals surface area (Å²) >= 11 is 0. The van der Waals surface area contributed by atoms with Crippen molar-refractivity contribution in [2.75, 3.05) is 25.5 Å². The molecule has 0 atom stereocenters. The molecule has 2 rings (SSSR count). The second-order valence-electron chi connectivity index (χ2n) is 4.19. The van der Waals surface area contributed by atoms with Crippen molar-refractivity contribution >= 4 is 6.01 Å². The van der Waals surface area contributed by atoms with Crippen molar-refractivity contribution in [3.63, 3.8) is 0 Å². The number of rotatable bonds is 5. The highest BCUT2D eigenvalue weighted by atomic mass is 16.4. The Hall–Kier alpha value is -1.10. The number of hydrogen-bond acceptors (Lipinski definition) is 5. The van der Waals surface area contributed by atoms with E-state index in [0.717, 1.165) is 12.5 Å². The van der Waals surface area contributed by atoms with Gasteiger partial charge >= 0.3 is 6.01 Å². The summed E-state index contributed by atoms with van der Waals surface area (Å²) in [5.74, 6) is 1.46. The van der Waals surface area contributed by atoms with Crippen LogP contribution < -0.4 is 10.2 Å². The number of hydrogen-bond donors (Lipinski definition) is 1. The maximum absolute atomic E-state index is 5.50. The highest BCUT2D eigenvalue weighted by Gasteiger charge is 2.21. The van der Waals surface area contributed by atoms with Gasteiger partial charge < -0.3 is 14.6 Å². The fourth-order valence-corrected chi connectivity index (χ4v) is 1.76. The lowest BCUT2D eigenvalue weighted by atomic mass is 9.85. The van der Waals surface area contributed by atoms with Crippen LogP contribution in [-0.4, -0.2) is 30.8 Å². The average Bonchev–Trinajstić information content (AvgIpc) is 2.60. The predicted molar refractivity (Wildman–Crippen MR) is 57.7 cm³/mol. The quantitative estimate of drug-likeness (QED) is 0.786. The summed E-state index contributed by atoms with van der Waals surface area (Å²) in [7, 11) is 3.87. The maximum Gasteiger partial charge on any atom is 0.317 e. The van der Waals surface area contributed by atoms with E-state index in [1.165, 1.54) is 19.3 Å². The van der Waals surface area contributed by atoms with Crippen LogP contribution in [-0.2, 0) is 6.54 Å². The van der Waals surface area contributed by atoms with Crippen molar-refractivity contribution in [2.24, 2.45) is 5.92 Å². The third kappa shape index (κ3) is 2.47. The number of aromatic nitrogens is 2. The summed E-state index contributed by atoms with van der Waals surface area (Å²) in [6, 6.07) is 0.632. The van der Waals surface area contributed by atoms with Gasteiger partial charge in [-0.25, -0.2) is 0 Å². The molecule has 0 aliphatic heterocycles. The van der Waals surface area contributed by atoms with Crippen LogP contribution in [0.25, 0.3) is 0 Å². The van der Waals surface area contributed by atoms with Crippen molar-refractivity contribution in [3.8, 4) is 0 Å². The molecule has 0 aromatic carbocycles. The van der Waals surface area contributed by atoms with E-state index in [4.69, 9.17) is 4.42 Å². The summed E-state index contributed by atoms with van der Waals surface area (Å²) in [4.78, 5) is 2.05. The van der Waals surface area contributed by atoms with E-state index in [1.807, 2.05) is 14.1 Å². The molecular weight excluding hydrogens is 192 g/mol. The molecule has 15 heavy (non-hydrogen) atoms. The first kappa shape index (κ1) is 10.4. The van der Waals surface area contributed by atoms with E-state index in [-0.39, 0.29) is 0 Å². The van der Waals surface area contributed by atoms with Crippen LogP contribution in [0.2, 0.25) is 0 Å². The topological polar surface area (TPSA) is 54.2 Å². The Morgan fingerprint density at radius 2 is 2.27 bits per heavy atom. The Morgan fingerprint density at radius 1 is 1.47 bits per heavy atom. The Labute approximate surface area is 89.9 Å². The first-order valence-electron chi connectivity index (χ1n) is 5.47. The van der Waals surface area contributed by atoms with Crippen molar-refractivity contribution in [2.45, 2.75) is 25.8 Å². The lowest BCUT2D eigenvalue weighted by Gasteiger charge is -2.28. The lowest BCUT2D eigenvalue weighted by molar-refractivity contribution is 0.315. The summed E-state index contributed by atoms with van der Waals surface area (Å²) in [6.07, 6.45) is 4.04. The molecule has 1 heterocycles. The summed E-state index contributed by atoms with van der Waals surface area (Å²) in [5.41, 5.74) is 0. The monoisotopic (exact) mass is 210 g/mol. The van der Waals surface area contributed by atoms with Crippen molar-refractivity contribution in [1.82, 2.24) is 15.5 Å². The van der Waals surface area contributed by atoms with E-state index in [1.54, 1.807) is 0 Å². The molecule has 1 aliphatic carbocycles. The van der Waals surface area contributed by atoms with Gasteiger partial charge in [0, 0.05) is 13.6 Å². The minimum atomic E-state index is 0.629. The smallest absolute Gasteiger partial charge is 0.317 e. The maximum atomic E-state index is 5.50. The molecule has 0 bridgehead atoms. The van der Waals surface area contributed by atoms with Gasteiger partial charge in [-0.05, 0) is 25.8 Å². The Bertz CT molecular complexity index is 308. The fraction of sp³-hybridized carbons (Fsp3) is 0.800. The molecule has 1 N–H and O–H groups in total. The molecule has 5 heteroatoms. The second-order valence-corrected chi connectivity index (χ2v) is 4.19. The molecule has 1 fully saturated rings. The molecule has 1 aromatic rings. The zero-order valence-electron chi connectivity index (χ0n) is 9.36. The van der Waals surface area contributed by atoms with Crippen LogP contribution >= 0.6 is 0 Å². The van der Waals surface area contributed by atoms with Crippen LogP contribution in [0.15, 0.2) is 4.42 Å². The van der Waals surface area contributed by atoms with Gasteiger partial charge in [0.15, 0.2) is 0 Å². The highest BCUT2D eigenvalue weighted by Crippen LogP contribution is 2.27. The molecule has 1 aliphatic rings. The van der Waals surface area contributed by atoms with Crippen molar-refractivity contribution in [3.05, 3.63) is 5.89 Å². The second kappa shape index (κ2) is 4.61. The third-order valence-electron chi connectivity index (χ3n) is 2.87. The normalized spacial score (nSPS) is 16.4. The molecular formula is C10H18N4O. The zero-order chi connectivity index (χ0) is 10.7. The lowest BCUT2D eigenvalue weighted by Crippen LogP contribution is -2.29. The van der Waals surface area contributed by atoms with Crippen LogP contribution in [0.4, 0.5) is 6.01 Å². The fourth-order valence-electron chi connectivity index (χ4n) is 1.76. The number of nitrogens with zero attached hydrogens (tertiary/aromatic N) is 3. The number of anilines is 1. The van der Waals surface area contributed by atoms with Crippen LogP contribution in [0, 0.1) is 5.92 Å². The van der Waals surface area contributed by atoms with Gasteiger partial charge in [-0.3, -0.25) is 0 Å². The van der Waals surface area contributed by atoms with E-state index >= 15 is 0 Å². The first-order valence-corrected chi connectivity index (χ1v) is 5.47. The third-order valence-corrected chi connectivity index (χ3v) is 2.87. The SMILES string of the molecule is CNCc1nnc(N(C)CC2CCC2)o1. The van der Waals surface area contributed by atoms with Crippen LogP contribution in [0.5, 0.6) is 0 Å². The van der Waals surface area contributed by atoms with Crippen molar-refractivity contribution in [1.29, 1.82) is 0 Å². The largest absolute Gasteiger partial charge is 0.407 e. The zero-order valence-corrected chi connectivity index (χ0v) is 9.36. The highest BCUT2D eigenvalue weighted by molar-refractivity contribution is 5.22. The summed E-state index contributed by atoms with van der Waals surface area (Å²) in [5, 5.41) is 11.0. The van der Waals surface area contributed by atoms with Gasteiger partial charge in [-0.15, -0.1) is 5.10 Å². The Balaban J connectivity index is 1.89. The number of nitrogens with one attached hydrogen (secondary N) is 1. The predicted octanol–water partition coefficient (Wildman–Crippen LogP) is 1.03. The molecule has 0 unspecified atom stereocenters.